The van der Waals surface area contributed by atoms with Gasteiger partial charge in [0, 0.05) is 18.7 Å². The molecule has 118 valence electrons. The fourth-order valence-corrected chi connectivity index (χ4v) is 2.68. The predicted molar refractivity (Wildman–Crippen MR) is 78.5 cm³/mol. The number of benzene rings is 1. The smallest absolute Gasteiger partial charge is 0.308 e. The fraction of sp³-hybridized carbons (Fsp3) is 0.429. The number of amides is 1. The number of carbonyl (C=O) groups excluding carboxylic acids is 1. The maximum atomic E-state index is 12.2. The van der Waals surface area contributed by atoms with Gasteiger partial charge in [-0.25, -0.2) is 0 Å². The highest BCUT2D eigenvalue weighted by Gasteiger charge is 2.37. The van der Waals surface area contributed by atoms with E-state index in [-0.39, 0.29) is 29.9 Å². The van der Waals surface area contributed by atoms with Gasteiger partial charge < -0.3 is 15.3 Å². The van der Waals surface area contributed by atoms with E-state index in [2.05, 4.69) is 5.32 Å². The Bertz CT molecular complexity index is 604. The van der Waals surface area contributed by atoms with Crippen LogP contribution in [0.4, 0.5) is 11.4 Å². The number of rotatable bonds is 5. The summed E-state index contributed by atoms with van der Waals surface area (Å²) in [6.07, 6.45) is 0.424. The third-order valence-electron chi connectivity index (χ3n) is 3.92. The van der Waals surface area contributed by atoms with Crippen molar-refractivity contribution in [2.75, 3.05) is 18.4 Å². The molecule has 8 nitrogen and oxygen atoms in total. The fourth-order valence-electron chi connectivity index (χ4n) is 2.68. The standard InChI is InChI=1S/C14H17N3O5/c1-9-10(14(19)20)6-7-16(9)13(18)8-15-11-4-2-3-5-12(11)17(21)22/h2-5,9-10,15H,6-8H2,1H3,(H,19,20). The van der Waals surface area contributed by atoms with Crippen molar-refractivity contribution in [1.29, 1.82) is 0 Å². The number of nitro groups is 1. The summed E-state index contributed by atoms with van der Waals surface area (Å²) >= 11 is 0. The van der Waals surface area contributed by atoms with E-state index in [1.54, 1.807) is 19.1 Å². The van der Waals surface area contributed by atoms with Crippen LogP contribution in [0.25, 0.3) is 0 Å². The lowest BCUT2D eigenvalue weighted by molar-refractivity contribution is -0.383. The highest BCUT2D eigenvalue weighted by molar-refractivity contribution is 5.83. The molecule has 8 heteroatoms. The quantitative estimate of drug-likeness (QED) is 0.626. The van der Waals surface area contributed by atoms with Gasteiger partial charge in [0.2, 0.25) is 5.91 Å². The average Bonchev–Trinajstić information content (AvgIpc) is 2.87. The van der Waals surface area contributed by atoms with Gasteiger partial charge in [0.25, 0.3) is 5.69 Å². The first-order valence-electron chi connectivity index (χ1n) is 6.91. The molecule has 0 bridgehead atoms. The van der Waals surface area contributed by atoms with Crippen molar-refractivity contribution in [3.8, 4) is 0 Å². The Kier molecular flexibility index (Phi) is 4.59. The third kappa shape index (κ3) is 3.16. The van der Waals surface area contributed by atoms with Crippen molar-refractivity contribution < 1.29 is 19.6 Å². The number of hydrogen-bond donors (Lipinski definition) is 2. The number of nitrogens with one attached hydrogen (secondary N) is 1. The van der Waals surface area contributed by atoms with Crippen LogP contribution in [-0.2, 0) is 9.59 Å². The molecule has 2 N–H and O–H groups in total. The first-order valence-corrected chi connectivity index (χ1v) is 6.91. The van der Waals surface area contributed by atoms with Crippen molar-refractivity contribution in [3.05, 3.63) is 34.4 Å². The number of carbonyl (C=O) groups is 2. The summed E-state index contributed by atoms with van der Waals surface area (Å²) in [4.78, 5) is 35.1. The second-order valence-corrected chi connectivity index (χ2v) is 5.19. The molecular weight excluding hydrogens is 290 g/mol. The Morgan fingerprint density at radius 1 is 1.45 bits per heavy atom. The first kappa shape index (κ1) is 15.7. The highest BCUT2D eigenvalue weighted by Crippen LogP contribution is 2.26. The second kappa shape index (κ2) is 6.42. The van der Waals surface area contributed by atoms with Crippen LogP contribution in [0.2, 0.25) is 0 Å². The lowest BCUT2D eigenvalue weighted by Crippen LogP contribution is -2.40. The van der Waals surface area contributed by atoms with E-state index in [9.17, 15) is 19.7 Å². The van der Waals surface area contributed by atoms with Crippen molar-refractivity contribution in [2.24, 2.45) is 5.92 Å². The molecule has 1 aliphatic heterocycles. The molecular formula is C14H17N3O5. The minimum absolute atomic E-state index is 0.104. The molecule has 22 heavy (non-hydrogen) atoms. The van der Waals surface area contributed by atoms with Gasteiger partial charge in [-0.15, -0.1) is 0 Å². The van der Waals surface area contributed by atoms with Crippen molar-refractivity contribution in [3.63, 3.8) is 0 Å². The number of nitro benzene ring substituents is 1. The molecule has 0 aromatic heterocycles. The molecule has 0 aliphatic carbocycles. The molecule has 1 fully saturated rings. The molecule has 1 aromatic carbocycles. The van der Waals surface area contributed by atoms with Crippen LogP contribution in [0.3, 0.4) is 0 Å². The Labute approximate surface area is 126 Å². The molecule has 2 atom stereocenters. The normalized spacial score (nSPS) is 20.7. The monoisotopic (exact) mass is 307 g/mol. The lowest BCUT2D eigenvalue weighted by atomic mass is 10.0. The summed E-state index contributed by atoms with van der Waals surface area (Å²) in [7, 11) is 0. The summed E-state index contributed by atoms with van der Waals surface area (Å²) in [5.41, 5.74) is 0.163. The van der Waals surface area contributed by atoms with Gasteiger partial charge in [-0.05, 0) is 19.4 Å². The molecule has 0 saturated carbocycles. The SMILES string of the molecule is CC1C(C(=O)O)CCN1C(=O)CNc1ccccc1[N+](=O)[O-]. The van der Waals surface area contributed by atoms with E-state index in [1.165, 1.54) is 17.0 Å². The minimum atomic E-state index is -0.908. The van der Waals surface area contributed by atoms with E-state index in [0.29, 0.717) is 13.0 Å². The van der Waals surface area contributed by atoms with Crippen molar-refractivity contribution in [2.45, 2.75) is 19.4 Å². The Balaban J connectivity index is 2.00. The number of carboxylic acid groups (broad SMARTS) is 1. The van der Waals surface area contributed by atoms with Crippen LogP contribution in [0.1, 0.15) is 13.3 Å². The van der Waals surface area contributed by atoms with Crippen LogP contribution in [0.15, 0.2) is 24.3 Å². The number of likely N-dealkylation sites (tertiary alicyclic amines) is 1. The lowest BCUT2D eigenvalue weighted by Gasteiger charge is -2.23. The molecule has 1 aliphatic rings. The Morgan fingerprint density at radius 3 is 2.73 bits per heavy atom. The molecule has 2 rings (SSSR count). The van der Waals surface area contributed by atoms with Gasteiger partial charge in [0.1, 0.15) is 5.69 Å². The van der Waals surface area contributed by atoms with Crippen LogP contribution >= 0.6 is 0 Å². The zero-order chi connectivity index (χ0) is 16.3. The number of nitrogens with zero attached hydrogens (tertiary/aromatic N) is 2. The maximum Gasteiger partial charge on any atom is 0.308 e. The van der Waals surface area contributed by atoms with Crippen LogP contribution in [0, 0.1) is 16.0 Å². The van der Waals surface area contributed by atoms with Gasteiger partial charge in [-0.2, -0.15) is 0 Å². The number of para-hydroxylation sites is 2. The van der Waals surface area contributed by atoms with Crippen LogP contribution in [0.5, 0.6) is 0 Å². The minimum Gasteiger partial charge on any atom is -0.481 e. The van der Waals surface area contributed by atoms with Gasteiger partial charge in [0.15, 0.2) is 0 Å². The van der Waals surface area contributed by atoms with E-state index < -0.39 is 16.8 Å². The van der Waals surface area contributed by atoms with Gasteiger partial charge >= 0.3 is 5.97 Å². The van der Waals surface area contributed by atoms with Crippen molar-refractivity contribution >= 4 is 23.3 Å². The summed E-state index contributed by atoms with van der Waals surface area (Å²) in [6.45, 7) is 1.98. The molecule has 0 spiro atoms. The van der Waals surface area contributed by atoms with Gasteiger partial charge in [-0.3, -0.25) is 19.7 Å². The van der Waals surface area contributed by atoms with Crippen LogP contribution < -0.4 is 5.32 Å². The summed E-state index contributed by atoms with van der Waals surface area (Å²) in [5, 5.41) is 22.7. The number of hydrogen-bond acceptors (Lipinski definition) is 5. The van der Waals surface area contributed by atoms with Gasteiger partial charge in [0.05, 0.1) is 17.4 Å². The molecule has 1 amide bonds. The van der Waals surface area contributed by atoms with Crippen molar-refractivity contribution in [1.82, 2.24) is 4.90 Å². The molecule has 2 unspecified atom stereocenters. The first-order chi connectivity index (χ1) is 10.4. The zero-order valence-electron chi connectivity index (χ0n) is 12.1. The number of aliphatic carboxylic acids is 1. The van der Waals surface area contributed by atoms with E-state index in [1.807, 2.05) is 0 Å². The second-order valence-electron chi connectivity index (χ2n) is 5.19. The Hall–Kier alpha value is -2.64. The molecule has 0 radical (unpaired) electrons. The van der Waals surface area contributed by atoms with E-state index >= 15 is 0 Å². The summed E-state index contributed by atoms with van der Waals surface area (Å²) in [5.74, 6) is -1.74. The largest absolute Gasteiger partial charge is 0.481 e. The topological polar surface area (TPSA) is 113 Å². The predicted octanol–water partition coefficient (Wildman–Crippen LogP) is 1.33. The zero-order valence-corrected chi connectivity index (χ0v) is 12.1. The highest BCUT2D eigenvalue weighted by atomic mass is 16.6. The maximum absolute atomic E-state index is 12.2. The van der Waals surface area contributed by atoms with Gasteiger partial charge in [-0.1, -0.05) is 12.1 Å². The summed E-state index contributed by atoms with van der Waals surface area (Å²) < 4.78 is 0. The molecule has 1 aromatic rings. The summed E-state index contributed by atoms with van der Waals surface area (Å²) in [6, 6.07) is 5.69. The van der Waals surface area contributed by atoms with E-state index in [4.69, 9.17) is 5.11 Å². The Morgan fingerprint density at radius 2 is 2.14 bits per heavy atom. The number of anilines is 1. The third-order valence-corrected chi connectivity index (χ3v) is 3.92. The molecule has 1 saturated heterocycles. The van der Waals surface area contributed by atoms with Crippen LogP contribution in [-0.4, -0.2) is 45.9 Å². The average molecular weight is 307 g/mol. The number of carboxylic acids is 1. The van der Waals surface area contributed by atoms with E-state index in [0.717, 1.165) is 0 Å². The molecule has 1 heterocycles.